The fourth-order valence-corrected chi connectivity index (χ4v) is 3.96. The van der Waals surface area contributed by atoms with Crippen LogP contribution in [0.25, 0.3) is 0 Å². The lowest BCUT2D eigenvalue weighted by Gasteiger charge is -2.35. The number of amides is 1. The molecule has 26 heavy (non-hydrogen) atoms. The van der Waals surface area contributed by atoms with E-state index in [9.17, 15) is 4.79 Å². The van der Waals surface area contributed by atoms with Crippen molar-refractivity contribution in [2.45, 2.75) is 31.7 Å². The summed E-state index contributed by atoms with van der Waals surface area (Å²) in [5.41, 5.74) is 1.19. The lowest BCUT2D eigenvalue weighted by molar-refractivity contribution is -0.121. The van der Waals surface area contributed by atoms with Crippen molar-refractivity contribution in [1.82, 2.24) is 15.5 Å². The minimum absolute atomic E-state index is 0.163. The maximum atomic E-state index is 12.4. The molecule has 2 aliphatic heterocycles. The highest BCUT2D eigenvalue weighted by Gasteiger charge is 2.23. The van der Waals surface area contributed by atoms with Crippen molar-refractivity contribution in [3.05, 3.63) is 34.9 Å². The van der Waals surface area contributed by atoms with E-state index in [-0.39, 0.29) is 11.9 Å². The number of rotatable bonds is 7. The maximum Gasteiger partial charge on any atom is 0.220 e. The number of halogens is 1. The van der Waals surface area contributed by atoms with Crippen molar-refractivity contribution in [2.24, 2.45) is 5.92 Å². The van der Waals surface area contributed by atoms with Gasteiger partial charge in [0.1, 0.15) is 0 Å². The summed E-state index contributed by atoms with van der Waals surface area (Å²) < 4.78 is 5.48. The van der Waals surface area contributed by atoms with Gasteiger partial charge in [-0.25, -0.2) is 0 Å². The molecule has 1 atom stereocenters. The van der Waals surface area contributed by atoms with E-state index in [0.717, 1.165) is 50.8 Å². The third-order valence-corrected chi connectivity index (χ3v) is 5.72. The number of nitrogens with one attached hydrogen (secondary N) is 2. The molecule has 0 aliphatic carbocycles. The Balaban J connectivity index is 1.52. The molecular weight excluding hydrogens is 350 g/mol. The quantitative estimate of drug-likeness (QED) is 0.764. The largest absolute Gasteiger partial charge is 0.379 e. The van der Waals surface area contributed by atoms with Gasteiger partial charge in [0.2, 0.25) is 5.91 Å². The Bertz CT molecular complexity index is 555. The van der Waals surface area contributed by atoms with Crippen LogP contribution in [-0.2, 0) is 9.53 Å². The standard InChI is InChI=1S/C20H30ClN3O2/c21-18-4-2-17(3-5-18)19(24-11-13-26-14-12-24)15-23-20(25)6-1-16-7-9-22-10-8-16/h2-5,16,19,22H,1,6-15H2,(H,23,25). The van der Waals surface area contributed by atoms with Crippen LogP contribution in [0.3, 0.4) is 0 Å². The Morgan fingerprint density at radius 3 is 2.62 bits per heavy atom. The van der Waals surface area contributed by atoms with Gasteiger partial charge >= 0.3 is 0 Å². The van der Waals surface area contributed by atoms with Crippen molar-refractivity contribution < 1.29 is 9.53 Å². The zero-order valence-corrected chi connectivity index (χ0v) is 16.1. The van der Waals surface area contributed by atoms with Crippen LogP contribution in [0.15, 0.2) is 24.3 Å². The van der Waals surface area contributed by atoms with E-state index in [1.807, 2.05) is 12.1 Å². The molecule has 1 aromatic carbocycles. The van der Waals surface area contributed by atoms with Gasteiger partial charge in [0.15, 0.2) is 0 Å². The first-order valence-corrected chi connectivity index (χ1v) is 10.1. The topological polar surface area (TPSA) is 53.6 Å². The second-order valence-electron chi connectivity index (χ2n) is 7.25. The number of carbonyl (C=O) groups excluding carboxylic acids is 1. The minimum Gasteiger partial charge on any atom is -0.379 e. The number of nitrogens with zero attached hydrogens (tertiary/aromatic N) is 1. The fourth-order valence-electron chi connectivity index (χ4n) is 3.84. The Hall–Kier alpha value is -1.14. The first-order chi connectivity index (χ1) is 12.7. The monoisotopic (exact) mass is 379 g/mol. The Labute approximate surface area is 161 Å². The molecule has 0 aromatic heterocycles. The molecule has 0 radical (unpaired) electrons. The van der Waals surface area contributed by atoms with Crippen molar-refractivity contribution in [3.8, 4) is 0 Å². The summed E-state index contributed by atoms with van der Waals surface area (Å²) in [7, 11) is 0. The number of hydrogen-bond donors (Lipinski definition) is 2. The van der Waals surface area contributed by atoms with Gasteiger partial charge in [-0.05, 0) is 56.0 Å². The summed E-state index contributed by atoms with van der Waals surface area (Å²) in [6, 6.07) is 8.12. The lowest BCUT2D eigenvalue weighted by atomic mass is 9.93. The summed E-state index contributed by atoms with van der Waals surface area (Å²) in [5, 5.41) is 7.27. The summed E-state index contributed by atoms with van der Waals surface area (Å²) in [5.74, 6) is 0.851. The van der Waals surface area contributed by atoms with Crippen LogP contribution in [0.1, 0.15) is 37.3 Å². The van der Waals surface area contributed by atoms with Crippen molar-refractivity contribution in [2.75, 3.05) is 45.9 Å². The molecule has 2 fully saturated rings. The fraction of sp³-hybridized carbons (Fsp3) is 0.650. The summed E-state index contributed by atoms with van der Waals surface area (Å²) in [6.07, 6.45) is 4.00. The molecule has 0 spiro atoms. The SMILES string of the molecule is O=C(CCC1CCNCC1)NCC(c1ccc(Cl)cc1)N1CCOCC1. The number of piperidine rings is 1. The van der Waals surface area contributed by atoms with E-state index in [4.69, 9.17) is 16.3 Å². The van der Waals surface area contributed by atoms with Gasteiger partial charge in [0, 0.05) is 31.1 Å². The van der Waals surface area contributed by atoms with Crippen molar-refractivity contribution in [1.29, 1.82) is 0 Å². The van der Waals surface area contributed by atoms with E-state index in [1.54, 1.807) is 0 Å². The molecule has 0 saturated carbocycles. The van der Waals surface area contributed by atoms with Gasteiger partial charge in [-0.2, -0.15) is 0 Å². The molecule has 5 nitrogen and oxygen atoms in total. The second-order valence-corrected chi connectivity index (χ2v) is 7.69. The number of ether oxygens (including phenoxy) is 1. The smallest absolute Gasteiger partial charge is 0.220 e. The van der Waals surface area contributed by atoms with Crippen molar-refractivity contribution in [3.63, 3.8) is 0 Å². The van der Waals surface area contributed by atoms with Crippen LogP contribution >= 0.6 is 11.6 Å². The first kappa shape index (κ1) is 19.6. The molecule has 3 rings (SSSR count). The number of benzene rings is 1. The van der Waals surface area contributed by atoms with E-state index in [0.29, 0.717) is 18.9 Å². The molecule has 6 heteroatoms. The molecule has 2 N–H and O–H groups in total. The predicted octanol–water partition coefficient (Wildman–Crippen LogP) is 2.61. The second kappa shape index (κ2) is 10.3. The molecular formula is C20H30ClN3O2. The highest BCUT2D eigenvalue weighted by molar-refractivity contribution is 6.30. The Morgan fingerprint density at radius 2 is 1.92 bits per heavy atom. The van der Waals surface area contributed by atoms with Crippen molar-refractivity contribution >= 4 is 17.5 Å². The van der Waals surface area contributed by atoms with Crippen LogP contribution in [0.4, 0.5) is 0 Å². The average molecular weight is 380 g/mol. The molecule has 2 heterocycles. The Kier molecular flexibility index (Phi) is 7.74. The van der Waals surface area contributed by atoms with Gasteiger partial charge < -0.3 is 15.4 Å². The maximum absolute atomic E-state index is 12.4. The van der Waals surface area contributed by atoms with Gasteiger partial charge in [-0.1, -0.05) is 23.7 Å². The molecule has 2 aliphatic rings. The summed E-state index contributed by atoms with van der Waals surface area (Å²) in [6.45, 7) is 6.06. The highest BCUT2D eigenvalue weighted by Crippen LogP contribution is 2.23. The van der Waals surface area contributed by atoms with Gasteiger partial charge in [-0.3, -0.25) is 9.69 Å². The van der Waals surface area contributed by atoms with Crippen LogP contribution in [0, 0.1) is 5.92 Å². The Morgan fingerprint density at radius 1 is 1.23 bits per heavy atom. The highest BCUT2D eigenvalue weighted by atomic mass is 35.5. The van der Waals surface area contributed by atoms with Crippen LogP contribution in [-0.4, -0.2) is 56.7 Å². The zero-order chi connectivity index (χ0) is 18.2. The van der Waals surface area contributed by atoms with E-state index in [2.05, 4.69) is 27.7 Å². The van der Waals surface area contributed by atoms with Gasteiger partial charge in [0.25, 0.3) is 0 Å². The van der Waals surface area contributed by atoms with Crippen LogP contribution in [0.5, 0.6) is 0 Å². The third kappa shape index (κ3) is 5.95. The number of morpholine rings is 1. The number of hydrogen-bond acceptors (Lipinski definition) is 4. The molecule has 2 saturated heterocycles. The van der Waals surface area contributed by atoms with Crippen LogP contribution < -0.4 is 10.6 Å². The molecule has 1 unspecified atom stereocenters. The molecule has 0 bridgehead atoms. The predicted molar refractivity (Wildman–Crippen MR) is 104 cm³/mol. The molecule has 144 valence electrons. The minimum atomic E-state index is 0.163. The molecule has 1 amide bonds. The van der Waals surface area contributed by atoms with E-state index >= 15 is 0 Å². The normalized spacial score (nSPS) is 20.7. The first-order valence-electron chi connectivity index (χ1n) is 9.77. The number of carbonyl (C=O) groups is 1. The van der Waals surface area contributed by atoms with E-state index in [1.165, 1.54) is 18.4 Å². The van der Waals surface area contributed by atoms with Crippen LogP contribution in [0.2, 0.25) is 5.02 Å². The average Bonchev–Trinajstić information content (AvgIpc) is 2.69. The molecule has 1 aromatic rings. The van der Waals surface area contributed by atoms with Gasteiger partial charge in [0.05, 0.1) is 19.3 Å². The zero-order valence-electron chi connectivity index (χ0n) is 15.4. The van der Waals surface area contributed by atoms with E-state index < -0.39 is 0 Å². The van der Waals surface area contributed by atoms with Gasteiger partial charge in [-0.15, -0.1) is 0 Å². The summed E-state index contributed by atoms with van der Waals surface area (Å²) >= 11 is 6.04. The lowest BCUT2D eigenvalue weighted by Crippen LogP contribution is -2.43. The summed E-state index contributed by atoms with van der Waals surface area (Å²) in [4.78, 5) is 14.8. The third-order valence-electron chi connectivity index (χ3n) is 5.47.